The van der Waals surface area contributed by atoms with Crippen molar-refractivity contribution in [2.45, 2.75) is 12.8 Å². The third-order valence-corrected chi connectivity index (χ3v) is 3.96. The van der Waals surface area contributed by atoms with Gasteiger partial charge in [-0.05, 0) is 25.0 Å². The molecule has 2 rings (SSSR count). The van der Waals surface area contributed by atoms with Crippen molar-refractivity contribution in [2.24, 2.45) is 5.92 Å². The second kappa shape index (κ2) is 7.15. The zero-order chi connectivity index (χ0) is 16.1. The molecule has 22 heavy (non-hydrogen) atoms. The summed E-state index contributed by atoms with van der Waals surface area (Å²) in [6.07, 6.45) is 1.24. The number of nitrogens with zero attached hydrogens (tertiary/aromatic N) is 1. The molecule has 0 spiro atoms. The number of ether oxygens (including phenoxy) is 3. The van der Waals surface area contributed by atoms with Crippen LogP contribution in [0.3, 0.4) is 0 Å². The maximum absolute atomic E-state index is 12.6. The minimum atomic E-state index is -0.200. The van der Waals surface area contributed by atoms with Crippen molar-refractivity contribution in [3.63, 3.8) is 0 Å². The highest BCUT2D eigenvalue weighted by Crippen LogP contribution is 2.27. The van der Waals surface area contributed by atoms with Crippen molar-refractivity contribution >= 4 is 11.9 Å². The summed E-state index contributed by atoms with van der Waals surface area (Å²) in [7, 11) is 4.48. The van der Waals surface area contributed by atoms with E-state index in [1.807, 2.05) is 0 Å². The monoisotopic (exact) mass is 307 g/mol. The van der Waals surface area contributed by atoms with Crippen LogP contribution in [0.25, 0.3) is 0 Å². The van der Waals surface area contributed by atoms with Crippen LogP contribution in [0.5, 0.6) is 11.5 Å². The number of amides is 1. The molecule has 1 aliphatic rings. The first kappa shape index (κ1) is 16.1. The molecule has 0 bridgehead atoms. The first-order chi connectivity index (χ1) is 10.6. The van der Waals surface area contributed by atoms with Gasteiger partial charge in [-0.2, -0.15) is 0 Å². The lowest BCUT2D eigenvalue weighted by Gasteiger charge is -2.31. The molecule has 0 aliphatic carbocycles. The second-order valence-corrected chi connectivity index (χ2v) is 5.16. The van der Waals surface area contributed by atoms with Gasteiger partial charge in [-0.1, -0.05) is 0 Å². The van der Waals surface area contributed by atoms with E-state index in [1.165, 1.54) is 14.2 Å². The molecule has 1 aromatic rings. The van der Waals surface area contributed by atoms with Gasteiger partial charge in [0, 0.05) is 19.2 Å². The lowest BCUT2D eigenvalue weighted by atomic mass is 9.96. The van der Waals surface area contributed by atoms with Gasteiger partial charge in [-0.15, -0.1) is 0 Å². The first-order valence-corrected chi connectivity index (χ1v) is 7.19. The fourth-order valence-corrected chi connectivity index (χ4v) is 2.63. The third kappa shape index (κ3) is 3.32. The van der Waals surface area contributed by atoms with E-state index in [9.17, 15) is 9.59 Å². The molecule has 1 fully saturated rings. The lowest BCUT2D eigenvalue weighted by molar-refractivity contribution is -0.146. The van der Waals surface area contributed by atoms with Crippen molar-refractivity contribution in [3.05, 3.63) is 23.8 Å². The summed E-state index contributed by atoms with van der Waals surface area (Å²) in [4.78, 5) is 25.9. The highest BCUT2D eigenvalue weighted by Gasteiger charge is 2.29. The molecule has 6 heteroatoms. The summed E-state index contributed by atoms with van der Waals surface area (Å²) in [5.74, 6) is 0.709. The van der Waals surface area contributed by atoms with E-state index >= 15 is 0 Å². The van der Waals surface area contributed by atoms with Gasteiger partial charge in [0.2, 0.25) is 0 Å². The van der Waals surface area contributed by atoms with Crippen molar-refractivity contribution in [1.29, 1.82) is 0 Å². The molecule has 1 amide bonds. The van der Waals surface area contributed by atoms with Gasteiger partial charge in [0.15, 0.2) is 0 Å². The molecule has 1 aromatic carbocycles. The molecule has 1 saturated heterocycles. The molecule has 1 heterocycles. The minimum absolute atomic E-state index is 0.0946. The van der Waals surface area contributed by atoms with E-state index in [2.05, 4.69) is 0 Å². The van der Waals surface area contributed by atoms with Gasteiger partial charge in [0.25, 0.3) is 5.91 Å². The Balaban J connectivity index is 2.08. The van der Waals surface area contributed by atoms with Crippen LogP contribution in [0.2, 0.25) is 0 Å². The van der Waals surface area contributed by atoms with Crippen LogP contribution in [0, 0.1) is 5.92 Å². The van der Waals surface area contributed by atoms with Crippen LogP contribution in [0.4, 0.5) is 0 Å². The molecule has 6 nitrogen and oxygen atoms in total. The van der Waals surface area contributed by atoms with Crippen molar-refractivity contribution in [1.82, 2.24) is 4.90 Å². The minimum Gasteiger partial charge on any atom is -0.497 e. The summed E-state index contributed by atoms with van der Waals surface area (Å²) in [6, 6.07) is 5.12. The maximum Gasteiger partial charge on any atom is 0.308 e. The summed E-state index contributed by atoms with van der Waals surface area (Å²) in [5, 5.41) is 0. The van der Waals surface area contributed by atoms with Crippen molar-refractivity contribution in [3.8, 4) is 11.5 Å². The standard InChI is InChI=1S/C16H21NO5/c1-20-12-4-5-13(14(10-12)21-2)15(18)17-8-6-11(7-9-17)16(19)22-3/h4-5,10-11H,6-9H2,1-3H3. The Morgan fingerprint density at radius 2 is 1.77 bits per heavy atom. The van der Waals surface area contributed by atoms with Crippen LogP contribution < -0.4 is 9.47 Å². The number of hydrogen-bond donors (Lipinski definition) is 0. The summed E-state index contributed by atoms with van der Waals surface area (Å²) >= 11 is 0. The number of esters is 1. The fourth-order valence-electron chi connectivity index (χ4n) is 2.63. The molecule has 0 radical (unpaired) electrons. The number of methoxy groups -OCH3 is 3. The number of hydrogen-bond acceptors (Lipinski definition) is 5. The van der Waals surface area contributed by atoms with E-state index in [0.29, 0.717) is 43.0 Å². The van der Waals surface area contributed by atoms with E-state index in [4.69, 9.17) is 14.2 Å². The van der Waals surface area contributed by atoms with Crippen LogP contribution in [-0.2, 0) is 9.53 Å². The van der Waals surface area contributed by atoms with Crippen molar-refractivity contribution < 1.29 is 23.8 Å². The predicted molar refractivity (Wildman–Crippen MR) is 80.2 cm³/mol. The van der Waals surface area contributed by atoms with Gasteiger partial charge >= 0.3 is 5.97 Å². The topological polar surface area (TPSA) is 65.1 Å². The molecule has 0 N–H and O–H groups in total. The molecule has 0 atom stereocenters. The fraction of sp³-hybridized carbons (Fsp3) is 0.500. The Labute approximate surface area is 129 Å². The molecule has 0 unspecified atom stereocenters. The number of piperidine rings is 1. The Bertz CT molecular complexity index is 549. The van der Waals surface area contributed by atoms with Crippen LogP contribution in [0.15, 0.2) is 18.2 Å². The molecule has 0 aromatic heterocycles. The van der Waals surface area contributed by atoms with E-state index in [1.54, 1.807) is 30.2 Å². The van der Waals surface area contributed by atoms with E-state index < -0.39 is 0 Å². The molecule has 120 valence electrons. The summed E-state index contributed by atoms with van der Waals surface area (Å²) in [6.45, 7) is 1.07. The SMILES string of the molecule is COC(=O)C1CCN(C(=O)c2ccc(OC)cc2OC)CC1. The molecule has 0 saturated carbocycles. The molecule has 1 aliphatic heterocycles. The largest absolute Gasteiger partial charge is 0.497 e. The van der Waals surface area contributed by atoms with Gasteiger partial charge in [-0.25, -0.2) is 0 Å². The average Bonchev–Trinajstić information content (AvgIpc) is 2.59. The quantitative estimate of drug-likeness (QED) is 0.793. The van der Waals surface area contributed by atoms with Gasteiger partial charge < -0.3 is 19.1 Å². The summed E-state index contributed by atoms with van der Waals surface area (Å²) < 4.78 is 15.2. The van der Waals surface area contributed by atoms with Crippen LogP contribution in [-0.4, -0.2) is 51.2 Å². The second-order valence-electron chi connectivity index (χ2n) is 5.16. The Hall–Kier alpha value is -2.24. The van der Waals surface area contributed by atoms with Crippen LogP contribution >= 0.6 is 0 Å². The normalized spacial score (nSPS) is 15.3. The van der Waals surface area contributed by atoms with Gasteiger partial charge in [0.1, 0.15) is 11.5 Å². The average molecular weight is 307 g/mol. The molecular weight excluding hydrogens is 286 g/mol. The van der Waals surface area contributed by atoms with Crippen LogP contribution in [0.1, 0.15) is 23.2 Å². The van der Waals surface area contributed by atoms with E-state index in [0.717, 1.165) is 0 Å². The number of rotatable bonds is 4. The highest BCUT2D eigenvalue weighted by molar-refractivity contribution is 5.97. The first-order valence-electron chi connectivity index (χ1n) is 7.19. The Morgan fingerprint density at radius 3 is 2.32 bits per heavy atom. The smallest absolute Gasteiger partial charge is 0.308 e. The number of carbonyl (C=O) groups is 2. The third-order valence-electron chi connectivity index (χ3n) is 3.96. The number of likely N-dealkylation sites (tertiary alicyclic amines) is 1. The molecular formula is C16H21NO5. The predicted octanol–water partition coefficient (Wildman–Crippen LogP) is 1.73. The van der Waals surface area contributed by atoms with Crippen molar-refractivity contribution in [2.75, 3.05) is 34.4 Å². The Kier molecular flexibility index (Phi) is 5.25. The zero-order valence-corrected chi connectivity index (χ0v) is 13.1. The van der Waals surface area contributed by atoms with Gasteiger partial charge in [-0.3, -0.25) is 9.59 Å². The maximum atomic E-state index is 12.6. The number of carbonyl (C=O) groups excluding carboxylic acids is 2. The highest BCUT2D eigenvalue weighted by atomic mass is 16.5. The Morgan fingerprint density at radius 1 is 1.09 bits per heavy atom. The van der Waals surface area contributed by atoms with E-state index in [-0.39, 0.29) is 17.8 Å². The summed E-state index contributed by atoms with van der Waals surface area (Å²) in [5.41, 5.74) is 0.500. The van der Waals surface area contributed by atoms with Gasteiger partial charge in [0.05, 0.1) is 32.8 Å². The lowest BCUT2D eigenvalue weighted by Crippen LogP contribution is -2.40. The zero-order valence-electron chi connectivity index (χ0n) is 13.1. The number of benzene rings is 1.